The van der Waals surface area contributed by atoms with Crippen LogP contribution in [0.15, 0.2) is 34.2 Å². The minimum absolute atomic E-state index is 0.115. The van der Waals surface area contributed by atoms with Crippen LogP contribution >= 0.6 is 11.3 Å². The highest BCUT2D eigenvalue weighted by molar-refractivity contribution is 7.15. The molecule has 1 saturated carbocycles. The van der Waals surface area contributed by atoms with E-state index in [0.717, 1.165) is 18.4 Å². The summed E-state index contributed by atoms with van der Waals surface area (Å²) in [7, 11) is 0. The largest absolute Gasteiger partial charge is 0.462 e. The topological polar surface area (TPSA) is 94.3 Å². The fraction of sp³-hybridized carbons (Fsp3) is 0.333. The smallest absolute Gasteiger partial charge is 0.341 e. The third-order valence-corrected chi connectivity index (χ3v) is 5.62. The van der Waals surface area contributed by atoms with Gasteiger partial charge >= 0.3 is 5.97 Å². The minimum atomic E-state index is -0.406. The number of hydrogen-bond donors (Lipinski definition) is 1. The first-order valence-electron chi connectivity index (χ1n) is 9.72. The Kier molecular flexibility index (Phi) is 5.89. The first-order valence-corrected chi connectivity index (χ1v) is 10.6. The fourth-order valence-corrected chi connectivity index (χ4v) is 4.10. The molecule has 0 atom stereocenters. The summed E-state index contributed by atoms with van der Waals surface area (Å²) in [5.74, 6) is -0.000299. The summed E-state index contributed by atoms with van der Waals surface area (Å²) in [6, 6.07) is 5.75. The molecule has 0 spiro atoms. The number of benzene rings is 1. The van der Waals surface area contributed by atoms with Gasteiger partial charge in [-0.15, -0.1) is 11.3 Å². The molecule has 0 aliphatic heterocycles. The molecule has 1 aromatic carbocycles. The molecule has 0 bridgehead atoms. The van der Waals surface area contributed by atoms with Gasteiger partial charge in [-0.2, -0.15) is 4.98 Å². The zero-order valence-corrected chi connectivity index (χ0v) is 17.1. The van der Waals surface area contributed by atoms with E-state index in [1.165, 1.54) is 23.5 Å². The van der Waals surface area contributed by atoms with E-state index in [0.29, 0.717) is 33.8 Å². The summed E-state index contributed by atoms with van der Waals surface area (Å²) in [5, 5.41) is 9.12. The maximum absolute atomic E-state index is 13.0. The average molecular weight is 429 g/mol. The van der Waals surface area contributed by atoms with Gasteiger partial charge in [-0.25, -0.2) is 9.18 Å². The lowest BCUT2D eigenvalue weighted by Gasteiger charge is -2.07. The Balaban J connectivity index is 1.39. The summed E-state index contributed by atoms with van der Waals surface area (Å²) in [5.41, 5.74) is 2.05. The summed E-state index contributed by atoms with van der Waals surface area (Å²) >= 11 is 1.34. The molecular weight excluding hydrogens is 409 g/mol. The van der Waals surface area contributed by atoms with E-state index in [1.807, 2.05) is 5.38 Å². The Morgan fingerprint density at radius 3 is 2.77 bits per heavy atom. The van der Waals surface area contributed by atoms with Gasteiger partial charge in [0.15, 0.2) is 0 Å². The molecule has 4 rings (SSSR count). The van der Waals surface area contributed by atoms with Gasteiger partial charge in [0, 0.05) is 18.4 Å². The number of ether oxygens (including phenoxy) is 1. The molecule has 0 radical (unpaired) electrons. The Hall–Kier alpha value is -3.07. The van der Waals surface area contributed by atoms with Crippen LogP contribution in [-0.2, 0) is 16.0 Å². The van der Waals surface area contributed by atoms with Crippen molar-refractivity contribution in [2.75, 3.05) is 11.9 Å². The molecule has 3 aromatic rings. The number of rotatable bonds is 8. The van der Waals surface area contributed by atoms with E-state index in [9.17, 15) is 14.0 Å². The number of halogens is 1. The van der Waals surface area contributed by atoms with E-state index >= 15 is 0 Å². The summed E-state index contributed by atoms with van der Waals surface area (Å²) in [6.07, 6.45) is 2.45. The first-order chi connectivity index (χ1) is 14.5. The van der Waals surface area contributed by atoms with E-state index in [4.69, 9.17) is 9.26 Å². The predicted molar refractivity (Wildman–Crippen MR) is 109 cm³/mol. The number of amides is 1. The molecule has 0 unspecified atom stereocenters. The predicted octanol–water partition coefficient (Wildman–Crippen LogP) is 4.56. The standard InChI is InChI=1S/C21H20FN3O4S/c1-2-28-21(27)18-15(12-3-4-12)11-30-20(18)23-16(26)9-10-17-24-19(25-29-17)13-5-7-14(22)8-6-13/h5-8,11-12H,2-4,9-10H2,1H3,(H,23,26). The van der Waals surface area contributed by atoms with Crippen molar-refractivity contribution in [3.8, 4) is 11.4 Å². The lowest BCUT2D eigenvalue weighted by molar-refractivity contribution is -0.116. The molecule has 7 nitrogen and oxygen atoms in total. The second-order valence-electron chi connectivity index (χ2n) is 6.96. The highest BCUT2D eigenvalue weighted by atomic mass is 32.1. The van der Waals surface area contributed by atoms with E-state index < -0.39 is 5.97 Å². The second kappa shape index (κ2) is 8.74. The van der Waals surface area contributed by atoms with Crippen LogP contribution < -0.4 is 5.32 Å². The SMILES string of the molecule is CCOC(=O)c1c(C2CC2)csc1NC(=O)CCc1nc(-c2ccc(F)cc2)no1. The molecule has 1 fully saturated rings. The van der Waals surface area contributed by atoms with E-state index in [1.54, 1.807) is 19.1 Å². The number of hydrogen-bond acceptors (Lipinski definition) is 7. The molecule has 9 heteroatoms. The maximum atomic E-state index is 13.0. The number of thiophene rings is 1. The Morgan fingerprint density at radius 2 is 2.07 bits per heavy atom. The van der Waals surface area contributed by atoms with E-state index in [-0.39, 0.29) is 31.2 Å². The number of nitrogens with one attached hydrogen (secondary N) is 1. The van der Waals surface area contributed by atoms with Gasteiger partial charge in [0.05, 0.1) is 12.2 Å². The Bertz CT molecular complexity index is 1060. The van der Waals surface area contributed by atoms with Crippen molar-refractivity contribution in [2.45, 2.75) is 38.5 Å². The van der Waals surface area contributed by atoms with Crippen LogP contribution in [0, 0.1) is 5.82 Å². The molecule has 0 saturated heterocycles. The third-order valence-electron chi connectivity index (χ3n) is 4.71. The number of carbonyl (C=O) groups excluding carboxylic acids is 2. The number of anilines is 1. The van der Waals surface area contributed by atoms with Crippen LogP contribution in [0.2, 0.25) is 0 Å². The maximum Gasteiger partial charge on any atom is 0.341 e. The van der Waals surface area contributed by atoms with Gasteiger partial charge in [0.1, 0.15) is 10.8 Å². The van der Waals surface area contributed by atoms with Gasteiger partial charge < -0.3 is 14.6 Å². The quantitative estimate of drug-likeness (QED) is 0.528. The molecule has 2 aromatic heterocycles. The van der Waals surface area contributed by atoms with Crippen LogP contribution in [0.5, 0.6) is 0 Å². The van der Waals surface area contributed by atoms with Crippen molar-refractivity contribution < 1.29 is 23.2 Å². The number of aromatic nitrogens is 2. The summed E-state index contributed by atoms with van der Waals surface area (Å²) in [6.45, 7) is 2.03. The number of carbonyl (C=O) groups is 2. The van der Waals surface area contributed by atoms with Crippen LogP contribution in [0.25, 0.3) is 11.4 Å². The molecular formula is C21H20FN3O4S. The zero-order chi connectivity index (χ0) is 21.1. The average Bonchev–Trinajstić information content (AvgIpc) is 3.32. The van der Waals surface area contributed by atoms with Crippen molar-refractivity contribution >= 4 is 28.2 Å². The van der Waals surface area contributed by atoms with Crippen molar-refractivity contribution in [1.29, 1.82) is 0 Å². The highest BCUT2D eigenvalue weighted by Gasteiger charge is 2.32. The molecule has 156 valence electrons. The number of esters is 1. The van der Waals surface area contributed by atoms with Gasteiger partial charge in [-0.1, -0.05) is 5.16 Å². The monoisotopic (exact) mass is 429 g/mol. The lowest BCUT2D eigenvalue weighted by Crippen LogP contribution is -2.15. The third kappa shape index (κ3) is 4.56. The lowest BCUT2D eigenvalue weighted by atomic mass is 10.1. The number of aryl methyl sites for hydroxylation is 1. The van der Waals surface area contributed by atoms with Crippen LogP contribution in [-0.4, -0.2) is 28.6 Å². The van der Waals surface area contributed by atoms with Gasteiger partial charge in [0.2, 0.25) is 17.6 Å². The normalized spacial score (nSPS) is 13.3. The molecule has 1 aliphatic rings. The Morgan fingerprint density at radius 1 is 1.30 bits per heavy atom. The minimum Gasteiger partial charge on any atom is -0.462 e. The molecule has 30 heavy (non-hydrogen) atoms. The number of nitrogens with zero attached hydrogens (tertiary/aromatic N) is 2. The summed E-state index contributed by atoms with van der Waals surface area (Å²) in [4.78, 5) is 29.1. The van der Waals surface area contributed by atoms with Crippen molar-refractivity contribution in [3.63, 3.8) is 0 Å². The molecule has 1 aliphatic carbocycles. The Labute approximate surface area is 176 Å². The molecule has 1 amide bonds. The van der Waals surface area contributed by atoms with Gasteiger partial charge in [-0.3, -0.25) is 4.79 Å². The van der Waals surface area contributed by atoms with Crippen molar-refractivity contribution in [1.82, 2.24) is 10.1 Å². The van der Waals surface area contributed by atoms with Crippen LogP contribution in [0.1, 0.15) is 53.9 Å². The molecule has 2 heterocycles. The zero-order valence-electron chi connectivity index (χ0n) is 16.3. The van der Waals surface area contributed by atoms with E-state index in [2.05, 4.69) is 15.5 Å². The van der Waals surface area contributed by atoms with Crippen LogP contribution in [0.4, 0.5) is 9.39 Å². The highest BCUT2D eigenvalue weighted by Crippen LogP contribution is 2.46. The van der Waals surface area contributed by atoms with Crippen molar-refractivity contribution in [3.05, 3.63) is 52.5 Å². The molecule has 1 N–H and O–H groups in total. The van der Waals surface area contributed by atoms with Crippen LogP contribution in [0.3, 0.4) is 0 Å². The first kappa shape index (κ1) is 20.2. The van der Waals surface area contributed by atoms with Gasteiger partial charge in [-0.05, 0) is 60.9 Å². The fourth-order valence-electron chi connectivity index (χ4n) is 3.05. The summed E-state index contributed by atoms with van der Waals surface area (Å²) < 4.78 is 23.4. The second-order valence-corrected chi connectivity index (χ2v) is 7.84. The van der Waals surface area contributed by atoms with Crippen molar-refractivity contribution in [2.24, 2.45) is 0 Å². The van der Waals surface area contributed by atoms with Gasteiger partial charge in [0.25, 0.3) is 0 Å².